The van der Waals surface area contributed by atoms with Gasteiger partial charge in [0.2, 0.25) is 0 Å². The molecule has 4 nitrogen and oxygen atoms in total. The molecule has 0 spiro atoms. The quantitative estimate of drug-likeness (QED) is 0.640. The molecule has 1 aromatic carbocycles. The molecule has 0 atom stereocenters. The zero-order chi connectivity index (χ0) is 19.3. The molecular weight excluding hydrogens is 366 g/mol. The van der Waals surface area contributed by atoms with Crippen molar-refractivity contribution in [2.24, 2.45) is 0 Å². The minimum absolute atomic E-state index is 0.144. The number of benzene rings is 1. The molecule has 3 aromatic rings. The van der Waals surface area contributed by atoms with Gasteiger partial charge in [-0.25, -0.2) is 4.98 Å². The van der Waals surface area contributed by atoms with E-state index in [1.807, 2.05) is 11.5 Å². The summed E-state index contributed by atoms with van der Waals surface area (Å²) in [5.74, 6) is 0.853. The molecule has 1 aliphatic carbocycles. The normalized spacial score (nSPS) is 18.5. The van der Waals surface area contributed by atoms with E-state index in [4.69, 9.17) is 4.98 Å². The predicted octanol–water partition coefficient (Wildman–Crippen LogP) is 4.58. The fourth-order valence-electron chi connectivity index (χ4n) is 4.90. The second-order valence-electron chi connectivity index (χ2n) is 8.39. The summed E-state index contributed by atoms with van der Waals surface area (Å²) < 4.78 is 1.98. The molecule has 1 fully saturated rings. The van der Waals surface area contributed by atoms with Crippen LogP contribution in [-0.2, 0) is 12.8 Å². The third-order valence-electron chi connectivity index (χ3n) is 6.53. The van der Waals surface area contributed by atoms with E-state index in [9.17, 15) is 4.79 Å². The van der Waals surface area contributed by atoms with Crippen LogP contribution in [-0.4, -0.2) is 34.6 Å². The summed E-state index contributed by atoms with van der Waals surface area (Å²) in [5.41, 5.74) is 5.31. The maximum Gasteiger partial charge on any atom is 0.263 e. The van der Waals surface area contributed by atoms with Gasteiger partial charge in [0.25, 0.3) is 5.56 Å². The van der Waals surface area contributed by atoms with Crippen molar-refractivity contribution in [3.05, 3.63) is 50.9 Å². The Morgan fingerprint density at radius 2 is 1.86 bits per heavy atom. The van der Waals surface area contributed by atoms with Crippen molar-refractivity contribution < 1.29 is 0 Å². The molecule has 0 saturated carbocycles. The second-order valence-corrected chi connectivity index (χ2v) is 9.25. The van der Waals surface area contributed by atoms with Crippen LogP contribution in [0, 0.1) is 6.92 Å². The molecule has 3 heterocycles. The Balaban J connectivity index is 1.63. The summed E-state index contributed by atoms with van der Waals surface area (Å²) >= 11 is 1.60. The summed E-state index contributed by atoms with van der Waals surface area (Å²) in [4.78, 5) is 21.6. The first-order chi connectivity index (χ1) is 13.6. The van der Waals surface area contributed by atoms with Crippen LogP contribution in [0.5, 0.6) is 0 Å². The van der Waals surface area contributed by atoms with E-state index < -0.39 is 0 Å². The highest BCUT2D eigenvalue weighted by atomic mass is 32.1. The molecule has 146 valence electrons. The molecule has 2 aromatic heterocycles. The highest BCUT2D eigenvalue weighted by molar-refractivity contribution is 7.17. The van der Waals surface area contributed by atoms with Gasteiger partial charge in [0.05, 0.1) is 5.39 Å². The molecule has 0 radical (unpaired) electrons. The standard InChI is InChI=1S/C23H27N3OS/c1-15-24-22-21(23(27)26(15)19-9-11-25(2)12-10-19)20(14-28-22)18-8-7-16-5-3-4-6-17(16)13-18/h7-8,13-14,19H,3-6,9-12H2,1-2H3. The van der Waals surface area contributed by atoms with Gasteiger partial charge in [0.1, 0.15) is 10.7 Å². The van der Waals surface area contributed by atoms with E-state index >= 15 is 0 Å². The molecule has 5 rings (SSSR count). The summed E-state index contributed by atoms with van der Waals surface area (Å²) in [6.07, 6.45) is 6.93. The van der Waals surface area contributed by atoms with Gasteiger partial charge >= 0.3 is 0 Å². The van der Waals surface area contributed by atoms with Gasteiger partial charge < -0.3 is 4.90 Å². The van der Waals surface area contributed by atoms with Crippen LogP contribution in [0.15, 0.2) is 28.4 Å². The molecule has 0 bridgehead atoms. The Bertz CT molecular complexity index is 1090. The maximum atomic E-state index is 13.6. The van der Waals surface area contributed by atoms with E-state index in [1.54, 1.807) is 11.3 Å². The molecule has 0 unspecified atom stereocenters. The number of rotatable bonds is 2. The smallest absolute Gasteiger partial charge is 0.263 e. The van der Waals surface area contributed by atoms with Crippen molar-refractivity contribution >= 4 is 21.6 Å². The highest BCUT2D eigenvalue weighted by Crippen LogP contribution is 2.34. The highest BCUT2D eigenvalue weighted by Gasteiger charge is 2.24. The monoisotopic (exact) mass is 393 g/mol. The SMILES string of the molecule is Cc1nc2scc(-c3ccc4c(c3)CCCC4)c2c(=O)n1C1CCN(C)CC1. The van der Waals surface area contributed by atoms with Crippen LogP contribution >= 0.6 is 11.3 Å². The number of nitrogens with zero attached hydrogens (tertiary/aromatic N) is 3. The van der Waals surface area contributed by atoms with Gasteiger partial charge in [-0.1, -0.05) is 18.2 Å². The van der Waals surface area contributed by atoms with E-state index in [0.717, 1.165) is 54.0 Å². The third-order valence-corrected chi connectivity index (χ3v) is 7.40. The van der Waals surface area contributed by atoms with Gasteiger partial charge in [-0.05, 0) is 82.3 Å². The van der Waals surface area contributed by atoms with Gasteiger partial charge in [0, 0.05) is 17.0 Å². The Kier molecular flexibility index (Phi) is 4.60. The number of fused-ring (bicyclic) bond motifs is 2. The molecule has 0 amide bonds. The fourth-order valence-corrected chi connectivity index (χ4v) is 5.88. The number of piperidine rings is 1. The summed E-state index contributed by atoms with van der Waals surface area (Å²) in [5, 5.41) is 2.94. The van der Waals surface area contributed by atoms with Crippen molar-refractivity contribution in [1.82, 2.24) is 14.5 Å². The fraction of sp³-hybridized carbons (Fsp3) is 0.478. The first kappa shape index (κ1) is 18.1. The molecule has 1 aliphatic heterocycles. The first-order valence-electron chi connectivity index (χ1n) is 10.4. The zero-order valence-corrected chi connectivity index (χ0v) is 17.5. The Labute approximate surface area is 169 Å². The molecule has 1 saturated heterocycles. The molecule has 2 aliphatic rings. The van der Waals surface area contributed by atoms with Crippen LogP contribution < -0.4 is 5.56 Å². The van der Waals surface area contributed by atoms with Crippen molar-refractivity contribution in [3.63, 3.8) is 0 Å². The largest absolute Gasteiger partial charge is 0.306 e. The second kappa shape index (κ2) is 7.12. The summed E-state index contributed by atoms with van der Waals surface area (Å²) in [6, 6.07) is 7.04. The van der Waals surface area contributed by atoms with Gasteiger partial charge in [-0.15, -0.1) is 11.3 Å². The number of hydrogen-bond acceptors (Lipinski definition) is 4. The van der Waals surface area contributed by atoms with Crippen LogP contribution in [0.25, 0.3) is 21.3 Å². The first-order valence-corrected chi connectivity index (χ1v) is 11.3. The lowest BCUT2D eigenvalue weighted by Crippen LogP contribution is -2.36. The zero-order valence-electron chi connectivity index (χ0n) is 16.7. The third kappa shape index (κ3) is 3.01. The lowest BCUT2D eigenvalue weighted by molar-refractivity contribution is 0.216. The lowest BCUT2D eigenvalue weighted by Gasteiger charge is -2.31. The average Bonchev–Trinajstić information content (AvgIpc) is 3.13. The molecule has 28 heavy (non-hydrogen) atoms. The molecule has 5 heteroatoms. The Hall–Kier alpha value is -1.98. The number of aryl methyl sites for hydroxylation is 3. The number of aromatic nitrogens is 2. The van der Waals surface area contributed by atoms with Crippen molar-refractivity contribution in [2.45, 2.75) is 51.5 Å². The predicted molar refractivity (Wildman–Crippen MR) is 116 cm³/mol. The minimum atomic E-state index is 0.144. The van der Waals surface area contributed by atoms with E-state index in [0.29, 0.717) is 0 Å². The van der Waals surface area contributed by atoms with Crippen LogP contribution in [0.4, 0.5) is 0 Å². The topological polar surface area (TPSA) is 38.1 Å². The Morgan fingerprint density at radius 3 is 2.64 bits per heavy atom. The van der Waals surface area contributed by atoms with Crippen LogP contribution in [0.2, 0.25) is 0 Å². The molecular formula is C23H27N3OS. The number of thiophene rings is 1. The van der Waals surface area contributed by atoms with E-state index in [-0.39, 0.29) is 11.6 Å². The lowest BCUT2D eigenvalue weighted by atomic mass is 9.89. The van der Waals surface area contributed by atoms with Crippen molar-refractivity contribution in [1.29, 1.82) is 0 Å². The van der Waals surface area contributed by atoms with E-state index in [1.165, 1.54) is 36.0 Å². The maximum absolute atomic E-state index is 13.6. The number of hydrogen-bond donors (Lipinski definition) is 0. The van der Waals surface area contributed by atoms with Gasteiger partial charge in [-0.2, -0.15) is 0 Å². The summed E-state index contributed by atoms with van der Waals surface area (Å²) in [7, 11) is 2.15. The van der Waals surface area contributed by atoms with E-state index in [2.05, 4.69) is 35.5 Å². The summed E-state index contributed by atoms with van der Waals surface area (Å²) in [6.45, 7) is 4.06. The minimum Gasteiger partial charge on any atom is -0.306 e. The van der Waals surface area contributed by atoms with Crippen LogP contribution in [0.3, 0.4) is 0 Å². The van der Waals surface area contributed by atoms with Crippen molar-refractivity contribution in [2.75, 3.05) is 20.1 Å². The number of likely N-dealkylation sites (tertiary alicyclic amines) is 1. The van der Waals surface area contributed by atoms with Crippen LogP contribution in [0.1, 0.15) is 48.7 Å². The van der Waals surface area contributed by atoms with Gasteiger partial charge in [-0.3, -0.25) is 9.36 Å². The van der Waals surface area contributed by atoms with Gasteiger partial charge in [0.15, 0.2) is 0 Å². The van der Waals surface area contributed by atoms with Crippen molar-refractivity contribution in [3.8, 4) is 11.1 Å². The molecule has 0 N–H and O–H groups in total. The average molecular weight is 394 g/mol. The Morgan fingerprint density at radius 1 is 1.11 bits per heavy atom.